The van der Waals surface area contributed by atoms with Crippen molar-refractivity contribution in [2.75, 3.05) is 6.61 Å². The molecule has 1 atom stereocenters. The summed E-state index contributed by atoms with van der Waals surface area (Å²) in [6.45, 7) is 13.4. The van der Waals surface area contributed by atoms with Gasteiger partial charge < -0.3 is 4.74 Å². The molecule has 0 heterocycles. The number of allylic oxidation sites excluding steroid dienone is 1. The van der Waals surface area contributed by atoms with Gasteiger partial charge in [0, 0.05) is 0 Å². The van der Waals surface area contributed by atoms with E-state index in [2.05, 4.69) is 52.5 Å². The molecule has 1 unspecified atom stereocenters. The van der Waals surface area contributed by atoms with Crippen LogP contribution in [0.4, 0.5) is 0 Å². The highest BCUT2D eigenvalue weighted by Crippen LogP contribution is 2.31. The number of benzene rings is 1. The van der Waals surface area contributed by atoms with E-state index in [0.29, 0.717) is 11.8 Å². The molecule has 0 radical (unpaired) electrons. The van der Waals surface area contributed by atoms with E-state index in [-0.39, 0.29) is 0 Å². The molecule has 0 spiro atoms. The Balaban J connectivity index is 2.98. The van der Waals surface area contributed by atoms with E-state index in [1.807, 2.05) is 6.08 Å². The maximum atomic E-state index is 5.82. The maximum absolute atomic E-state index is 5.82. The van der Waals surface area contributed by atoms with Crippen molar-refractivity contribution in [3.63, 3.8) is 0 Å². The predicted octanol–water partition coefficient (Wildman–Crippen LogP) is 5.28. The fraction of sp³-hybridized carbons (Fsp3) is 0.529. The number of hydrogen-bond acceptors (Lipinski definition) is 1. The average molecular weight is 246 g/mol. The summed E-state index contributed by atoms with van der Waals surface area (Å²) < 4.78 is 5.82. The van der Waals surface area contributed by atoms with Crippen LogP contribution in [0.1, 0.15) is 63.5 Å². The zero-order chi connectivity index (χ0) is 13.5. The fourth-order valence-electron chi connectivity index (χ4n) is 2.05. The van der Waals surface area contributed by atoms with E-state index >= 15 is 0 Å². The van der Waals surface area contributed by atoms with Crippen LogP contribution in [0.5, 0.6) is 5.75 Å². The summed E-state index contributed by atoms with van der Waals surface area (Å²) in [5.41, 5.74) is 2.69. The molecule has 1 nitrogen and oxygen atoms in total. The summed E-state index contributed by atoms with van der Waals surface area (Å²) in [5, 5.41) is 0. The highest BCUT2D eigenvalue weighted by molar-refractivity contribution is 5.40. The molecular formula is C17H26O. The Hall–Kier alpha value is -1.24. The van der Waals surface area contributed by atoms with E-state index in [1.165, 1.54) is 11.1 Å². The second-order valence-electron chi connectivity index (χ2n) is 5.23. The predicted molar refractivity (Wildman–Crippen MR) is 79.5 cm³/mol. The lowest BCUT2D eigenvalue weighted by Crippen LogP contribution is -2.02. The zero-order valence-corrected chi connectivity index (χ0v) is 12.2. The Morgan fingerprint density at radius 1 is 1.28 bits per heavy atom. The van der Waals surface area contributed by atoms with Gasteiger partial charge in [-0.15, -0.1) is 6.58 Å². The van der Waals surface area contributed by atoms with Crippen molar-refractivity contribution >= 4 is 0 Å². The third-order valence-electron chi connectivity index (χ3n) is 3.21. The standard InChI is InChI=1S/C17H26O/c1-6-8-14(5)15-9-10-17(18-11-7-2)16(12-15)13(3)4/h6,9-10,12-14H,1,7-8,11H2,2-5H3. The van der Waals surface area contributed by atoms with E-state index in [1.54, 1.807) is 0 Å². The molecule has 0 aliphatic carbocycles. The van der Waals surface area contributed by atoms with Crippen molar-refractivity contribution in [3.05, 3.63) is 42.0 Å². The van der Waals surface area contributed by atoms with Crippen LogP contribution in [-0.4, -0.2) is 6.61 Å². The van der Waals surface area contributed by atoms with Crippen molar-refractivity contribution < 1.29 is 4.74 Å². The molecule has 1 aromatic rings. The van der Waals surface area contributed by atoms with Gasteiger partial charge in [-0.25, -0.2) is 0 Å². The van der Waals surface area contributed by atoms with Crippen LogP contribution in [-0.2, 0) is 0 Å². The lowest BCUT2D eigenvalue weighted by atomic mass is 9.92. The summed E-state index contributed by atoms with van der Waals surface area (Å²) in [6, 6.07) is 6.61. The van der Waals surface area contributed by atoms with Gasteiger partial charge >= 0.3 is 0 Å². The molecule has 0 saturated heterocycles. The van der Waals surface area contributed by atoms with Crippen LogP contribution < -0.4 is 4.74 Å². The second kappa shape index (κ2) is 7.25. The minimum absolute atomic E-state index is 0.493. The van der Waals surface area contributed by atoms with Gasteiger partial charge in [0.1, 0.15) is 5.75 Å². The van der Waals surface area contributed by atoms with E-state index < -0.39 is 0 Å². The number of hydrogen-bond donors (Lipinski definition) is 0. The summed E-state index contributed by atoms with van der Waals surface area (Å²) in [6.07, 6.45) is 4.06. The van der Waals surface area contributed by atoms with Gasteiger partial charge in [-0.05, 0) is 41.9 Å². The van der Waals surface area contributed by atoms with Crippen LogP contribution in [0.3, 0.4) is 0 Å². The van der Waals surface area contributed by atoms with Crippen molar-refractivity contribution in [1.82, 2.24) is 0 Å². The highest BCUT2D eigenvalue weighted by atomic mass is 16.5. The third-order valence-corrected chi connectivity index (χ3v) is 3.21. The molecule has 0 amide bonds. The third kappa shape index (κ3) is 3.90. The summed E-state index contributed by atoms with van der Waals surface area (Å²) in [4.78, 5) is 0. The van der Waals surface area contributed by atoms with Crippen molar-refractivity contribution in [2.24, 2.45) is 0 Å². The van der Waals surface area contributed by atoms with Crippen LogP contribution in [0, 0.1) is 0 Å². The molecule has 0 aliphatic rings. The first kappa shape index (κ1) is 14.8. The van der Waals surface area contributed by atoms with Gasteiger partial charge in [-0.3, -0.25) is 0 Å². The largest absolute Gasteiger partial charge is 0.493 e. The van der Waals surface area contributed by atoms with Gasteiger partial charge in [0.15, 0.2) is 0 Å². The monoisotopic (exact) mass is 246 g/mol. The van der Waals surface area contributed by atoms with Crippen LogP contribution >= 0.6 is 0 Å². The van der Waals surface area contributed by atoms with Gasteiger partial charge in [0.05, 0.1) is 6.61 Å². The molecule has 0 N–H and O–H groups in total. The minimum atomic E-state index is 0.493. The lowest BCUT2D eigenvalue weighted by Gasteiger charge is -2.17. The second-order valence-corrected chi connectivity index (χ2v) is 5.23. The first-order chi connectivity index (χ1) is 8.60. The average Bonchev–Trinajstić information content (AvgIpc) is 2.36. The van der Waals surface area contributed by atoms with Gasteiger partial charge in [0.2, 0.25) is 0 Å². The number of rotatable bonds is 7. The summed E-state index contributed by atoms with van der Waals surface area (Å²) >= 11 is 0. The zero-order valence-electron chi connectivity index (χ0n) is 12.2. The molecule has 1 rings (SSSR count). The van der Waals surface area contributed by atoms with Gasteiger partial charge in [-0.2, -0.15) is 0 Å². The molecule has 0 aliphatic heterocycles. The molecule has 0 fully saturated rings. The molecular weight excluding hydrogens is 220 g/mol. The lowest BCUT2D eigenvalue weighted by molar-refractivity contribution is 0.313. The fourth-order valence-corrected chi connectivity index (χ4v) is 2.05. The van der Waals surface area contributed by atoms with Crippen LogP contribution in [0.25, 0.3) is 0 Å². The Bertz CT molecular complexity index is 379. The Kier molecular flexibility index (Phi) is 5.97. The van der Waals surface area contributed by atoms with Crippen molar-refractivity contribution in [1.29, 1.82) is 0 Å². The van der Waals surface area contributed by atoms with Crippen LogP contribution in [0.15, 0.2) is 30.9 Å². The quantitative estimate of drug-likeness (QED) is 0.595. The maximum Gasteiger partial charge on any atom is 0.122 e. The molecule has 1 heteroatoms. The van der Waals surface area contributed by atoms with Crippen LogP contribution in [0.2, 0.25) is 0 Å². The molecule has 0 aromatic heterocycles. The Labute approximate surface area is 112 Å². The molecule has 100 valence electrons. The normalized spacial score (nSPS) is 12.5. The first-order valence-electron chi connectivity index (χ1n) is 6.97. The van der Waals surface area contributed by atoms with Crippen molar-refractivity contribution in [2.45, 2.75) is 52.4 Å². The minimum Gasteiger partial charge on any atom is -0.493 e. The topological polar surface area (TPSA) is 9.23 Å². The van der Waals surface area contributed by atoms with Gasteiger partial charge in [-0.1, -0.05) is 45.9 Å². The first-order valence-corrected chi connectivity index (χ1v) is 6.97. The Morgan fingerprint density at radius 2 is 2.00 bits per heavy atom. The number of ether oxygens (including phenoxy) is 1. The summed E-state index contributed by atoms with van der Waals surface area (Å²) in [7, 11) is 0. The molecule has 0 bridgehead atoms. The van der Waals surface area contributed by atoms with E-state index in [0.717, 1.165) is 25.2 Å². The SMILES string of the molecule is C=CCC(C)c1ccc(OCCC)c(C(C)C)c1. The Morgan fingerprint density at radius 3 is 2.56 bits per heavy atom. The van der Waals surface area contributed by atoms with Gasteiger partial charge in [0.25, 0.3) is 0 Å². The molecule has 1 aromatic carbocycles. The molecule has 0 saturated carbocycles. The smallest absolute Gasteiger partial charge is 0.122 e. The summed E-state index contributed by atoms with van der Waals surface area (Å²) in [5.74, 6) is 2.06. The van der Waals surface area contributed by atoms with Crippen molar-refractivity contribution in [3.8, 4) is 5.75 Å². The van der Waals surface area contributed by atoms with E-state index in [9.17, 15) is 0 Å². The van der Waals surface area contributed by atoms with E-state index in [4.69, 9.17) is 4.74 Å². The molecule has 18 heavy (non-hydrogen) atoms. The highest BCUT2D eigenvalue weighted by Gasteiger charge is 2.11.